The lowest BCUT2D eigenvalue weighted by molar-refractivity contribution is -0.119. The summed E-state index contributed by atoms with van der Waals surface area (Å²) in [4.78, 5) is 31.7. The zero-order chi connectivity index (χ0) is 13.5. The molecule has 1 aromatic heterocycles. The average Bonchev–Trinajstić information content (AvgIpc) is 2.36. The van der Waals surface area contributed by atoms with Gasteiger partial charge < -0.3 is 15.3 Å². The number of carbonyl (C=O) groups excluding carboxylic acids is 1. The highest BCUT2D eigenvalue weighted by atomic mass is 16.4. The molecule has 1 aromatic rings. The molecule has 7 nitrogen and oxygen atoms in total. The minimum atomic E-state index is -1.14. The highest BCUT2D eigenvalue weighted by Gasteiger charge is 2.13. The topological polar surface area (TPSA) is 95.4 Å². The van der Waals surface area contributed by atoms with Crippen molar-refractivity contribution in [1.82, 2.24) is 15.3 Å². The maximum Gasteiger partial charge on any atom is 0.356 e. The second-order valence-electron chi connectivity index (χ2n) is 3.54. The van der Waals surface area contributed by atoms with Crippen molar-refractivity contribution < 1.29 is 14.7 Å². The van der Waals surface area contributed by atoms with Crippen LogP contribution in [0.15, 0.2) is 12.4 Å². The largest absolute Gasteiger partial charge is 0.476 e. The number of aromatic nitrogens is 2. The summed E-state index contributed by atoms with van der Waals surface area (Å²) in [6, 6.07) is 0. The number of carbonyl (C=O) groups is 2. The van der Waals surface area contributed by atoms with Gasteiger partial charge in [-0.3, -0.25) is 9.78 Å². The fourth-order valence-electron chi connectivity index (χ4n) is 1.39. The van der Waals surface area contributed by atoms with Gasteiger partial charge in [0.05, 0.1) is 18.9 Å². The van der Waals surface area contributed by atoms with Gasteiger partial charge in [0.15, 0.2) is 5.69 Å². The Morgan fingerprint density at radius 2 is 2.11 bits per heavy atom. The maximum atomic E-state index is 11.5. The molecular weight excluding hydrogens is 236 g/mol. The summed E-state index contributed by atoms with van der Waals surface area (Å²) in [5.41, 5.74) is -0.137. The molecule has 1 rings (SSSR count). The molecule has 1 amide bonds. The van der Waals surface area contributed by atoms with Crippen LogP contribution in [0.5, 0.6) is 0 Å². The quantitative estimate of drug-likeness (QED) is 0.747. The number of anilines is 1. The fraction of sp³-hybridized carbons (Fsp3) is 0.455. The first-order chi connectivity index (χ1) is 8.58. The minimum absolute atomic E-state index is 0.127. The third-order valence-corrected chi connectivity index (χ3v) is 2.26. The van der Waals surface area contributed by atoms with Gasteiger partial charge in [0, 0.05) is 13.1 Å². The van der Waals surface area contributed by atoms with Crippen LogP contribution in [-0.2, 0) is 4.79 Å². The average molecular weight is 252 g/mol. The first kappa shape index (κ1) is 13.9. The molecule has 0 aliphatic rings. The van der Waals surface area contributed by atoms with Crippen molar-refractivity contribution in [2.45, 2.75) is 13.8 Å². The van der Waals surface area contributed by atoms with Crippen LogP contribution >= 0.6 is 0 Å². The molecule has 0 atom stereocenters. The molecule has 1 heterocycles. The van der Waals surface area contributed by atoms with E-state index in [4.69, 9.17) is 5.11 Å². The molecule has 2 N–H and O–H groups in total. The lowest BCUT2D eigenvalue weighted by atomic mass is 10.4. The van der Waals surface area contributed by atoms with Crippen molar-refractivity contribution in [2.75, 3.05) is 24.5 Å². The Bertz CT molecular complexity index is 436. The molecule has 7 heteroatoms. The summed E-state index contributed by atoms with van der Waals surface area (Å²) in [6.07, 6.45) is 2.61. The monoisotopic (exact) mass is 252 g/mol. The fourth-order valence-corrected chi connectivity index (χ4v) is 1.39. The van der Waals surface area contributed by atoms with E-state index in [-0.39, 0.29) is 18.1 Å². The third-order valence-electron chi connectivity index (χ3n) is 2.26. The number of aromatic carboxylic acids is 1. The summed E-state index contributed by atoms with van der Waals surface area (Å²) in [7, 11) is 0. The first-order valence-electron chi connectivity index (χ1n) is 5.65. The number of rotatable bonds is 6. The highest BCUT2D eigenvalue weighted by molar-refractivity contribution is 5.85. The van der Waals surface area contributed by atoms with Crippen LogP contribution in [0.25, 0.3) is 0 Å². The van der Waals surface area contributed by atoms with Gasteiger partial charge in [-0.15, -0.1) is 0 Å². The first-order valence-corrected chi connectivity index (χ1v) is 5.65. The van der Waals surface area contributed by atoms with Crippen LogP contribution < -0.4 is 10.2 Å². The number of hydrogen-bond acceptors (Lipinski definition) is 5. The van der Waals surface area contributed by atoms with Gasteiger partial charge >= 0.3 is 5.97 Å². The Labute approximate surface area is 105 Å². The van der Waals surface area contributed by atoms with Gasteiger partial charge in [-0.1, -0.05) is 0 Å². The van der Waals surface area contributed by atoms with E-state index in [2.05, 4.69) is 15.3 Å². The molecule has 0 spiro atoms. The van der Waals surface area contributed by atoms with Gasteiger partial charge in [0.25, 0.3) is 0 Å². The van der Waals surface area contributed by atoms with Crippen LogP contribution in [0.4, 0.5) is 5.82 Å². The third kappa shape index (κ3) is 3.69. The number of amides is 1. The van der Waals surface area contributed by atoms with Gasteiger partial charge in [-0.2, -0.15) is 0 Å². The van der Waals surface area contributed by atoms with E-state index < -0.39 is 5.97 Å². The Hall–Kier alpha value is -2.18. The standard InChI is InChI=1S/C11H16N4O3/c1-3-13-10(16)7-15(4-2)9-6-12-5-8(14-9)11(17)18/h5-6H,3-4,7H2,1-2H3,(H,13,16)(H,17,18). The van der Waals surface area contributed by atoms with Crippen LogP contribution in [0.2, 0.25) is 0 Å². The lowest BCUT2D eigenvalue weighted by Gasteiger charge is -2.20. The van der Waals surface area contributed by atoms with Crippen LogP contribution in [0.3, 0.4) is 0 Å². The zero-order valence-corrected chi connectivity index (χ0v) is 10.4. The van der Waals surface area contributed by atoms with E-state index in [9.17, 15) is 9.59 Å². The van der Waals surface area contributed by atoms with Crippen molar-refractivity contribution in [1.29, 1.82) is 0 Å². The molecule has 0 saturated heterocycles. The van der Waals surface area contributed by atoms with E-state index >= 15 is 0 Å². The molecule has 0 bridgehead atoms. The van der Waals surface area contributed by atoms with Crippen molar-refractivity contribution in [2.24, 2.45) is 0 Å². The number of carboxylic acid groups (broad SMARTS) is 1. The summed E-state index contributed by atoms with van der Waals surface area (Å²) in [5.74, 6) is -0.899. The van der Waals surface area contributed by atoms with E-state index in [0.717, 1.165) is 0 Å². The molecule has 0 saturated carbocycles. The second kappa shape index (κ2) is 6.53. The molecule has 18 heavy (non-hydrogen) atoms. The Morgan fingerprint density at radius 3 is 2.67 bits per heavy atom. The summed E-state index contributed by atoms with van der Waals surface area (Å²) >= 11 is 0. The molecular formula is C11H16N4O3. The highest BCUT2D eigenvalue weighted by Crippen LogP contribution is 2.09. The van der Waals surface area contributed by atoms with Crippen molar-refractivity contribution in [3.63, 3.8) is 0 Å². The SMILES string of the molecule is CCNC(=O)CN(CC)c1cncc(C(=O)O)n1. The Morgan fingerprint density at radius 1 is 1.39 bits per heavy atom. The number of nitrogens with one attached hydrogen (secondary N) is 1. The number of likely N-dealkylation sites (N-methyl/N-ethyl adjacent to an activating group) is 2. The second-order valence-corrected chi connectivity index (χ2v) is 3.54. The predicted octanol–water partition coefficient (Wildman–Crippen LogP) is 0.137. The maximum absolute atomic E-state index is 11.5. The summed E-state index contributed by atoms with van der Waals surface area (Å²) < 4.78 is 0. The molecule has 0 aromatic carbocycles. The van der Waals surface area contributed by atoms with Gasteiger partial charge in [0.1, 0.15) is 5.82 Å². The van der Waals surface area contributed by atoms with Gasteiger partial charge in [-0.25, -0.2) is 9.78 Å². The number of nitrogens with zero attached hydrogens (tertiary/aromatic N) is 3. The van der Waals surface area contributed by atoms with E-state index in [1.54, 1.807) is 4.90 Å². The van der Waals surface area contributed by atoms with Crippen LogP contribution in [0, 0.1) is 0 Å². The zero-order valence-electron chi connectivity index (χ0n) is 10.4. The normalized spacial score (nSPS) is 9.89. The van der Waals surface area contributed by atoms with E-state index in [1.807, 2.05) is 13.8 Å². The number of hydrogen-bond donors (Lipinski definition) is 2. The predicted molar refractivity (Wildman–Crippen MR) is 65.6 cm³/mol. The van der Waals surface area contributed by atoms with Crippen LogP contribution in [-0.4, -0.2) is 46.6 Å². The molecule has 0 fully saturated rings. The lowest BCUT2D eigenvalue weighted by Crippen LogP contribution is -2.37. The van der Waals surface area contributed by atoms with Crippen molar-refractivity contribution >= 4 is 17.7 Å². The molecule has 0 unspecified atom stereocenters. The Kier molecular flexibility index (Phi) is 5.04. The molecule has 0 radical (unpaired) electrons. The van der Waals surface area contributed by atoms with Gasteiger partial charge in [-0.05, 0) is 13.8 Å². The van der Waals surface area contributed by atoms with Crippen molar-refractivity contribution in [3.8, 4) is 0 Å². The van der Waals surface area contributed by atoms with E-state index in [1.165, 1.54) is 12.4 Å². The molecule has 0 aliphatic carbocycles. The molecule has 0 aliphatic heterocycles. The smallest absolute Gasteiger partial charge is 0.356 e. The van der Waals surface area contributed by atoms with E-state index in [0.29, 0.717) is 18.9 Å². The number of carboxylic acids is 1. The summed E-state index contributed by atoms with van der Waals surface area (Å²) in [6.45, 7) is 4.90. The van der Waals surface area contributed by atoms with Crippen molar-refractivity contribution in [3.05, 3.63) is 18.1 Å². The van der Waals surface area contributed by atoms with Crippen LogP contribution in [0.1, 0.15) is 24.3 Å². The molecule has 98 valence electrons. The Balaban J connectivity index is 2.84. The van der Waals surface area contributed by atoms with Gasteiger partial charge in [0.2, 0.25) is 5.91 Å². The minimum Gasteiger partial charge on any atom is -0.476 e. The summed E-state index contributed by atoms with van der Waals surface area (Å²) in [5, 5.41) is 11.5.